The fourth-order valence-electron chi connectivity index (χ4n) is 4.56. The van der Waals surface area contributed by atoms with Crippen LogP contribution in [0, 0.1) is 20.6 Å². The number of hydrogen-bond donors (Lipinski definition) is 0. The molecule has 4 heteroatoms. The third kappa shape index (κ3) is 2.88. The Morgan fingerprint density at radius 1 is 0.931 bits per heavy atom. The van der Waals surface area contributed by atoms with E-state index < -0.39 is 4.92 Å². The first-order valence-electron chi connectivity index (χ1n) is 9.85. The summed E-state index contributed by atoms with van der Waals surface area (Å²) in [4.78, 5) is 24.0. The monoisotopic (exact) mass is 381 g/mol. The summed E-state index contributed by atoms with van der Waals surface area (Å²) >= 11 is 0. The molecule has 3 aromatic carbocycles. The quantitative estimate of drug-likeness (QED) is 0.394. The summed E-state index contributed by atoms with van der Waals surface area (Å²) < 4.78 is 0. The van der Waals surface area contributed by atoms with Gasteiger partial charge in [0.15, 0.2) is 5.78 Å². The zero-order valence-electron chi connectivity index (χ0n) is 15.8. The number of carbonyl (C=O) groups excluding carboxylic acids is 1. The van der Waals surface area contributed by atoms with Crippen LogP contribution in [0.1, 0.15) is 40.2 Å². The number of nitro groups is 1. The summed E-state index contributed by atoms with van der Waals surface area (Å²) in [5.74, 6) is -0.405. The van der Waals surface area contributed by atoms with Crippen LogP contribution in [-0.4, -0.2) is 10.7 Å². The summed E-state index contributed by atoms with van der Waals surface area (Å²) in [5.41, 5.74) is 2.85. The van der Waals surface area contributed by atoms with Crippen LogP contribution in [0.15, 0.2) is 60.7 Å². The minimum atomic E-state index is -0.446. The van der Waals surface area contributed by atoms with Gasteiger partial charge in [0, 0.05) is 17.7 Å². The van der Waals surface area contributed by atoms with Gasteiger partial charge >= 0.3 is 0 Å². The van der Waals surface area contributed by atoms with Crippen molar-refractivity contribution in [2.45, 2.75) is 25.2 Å². The predicted molar refractivity (Wildman–Crippen MR) is 112 cm³/mol. The van der Waals surface area contributed by atoms with E-state index in [0.29, 0.717) is 5.56 Å². The number of nitro benzene ring substituents is 1. The Morgan fingerprint density at radius 3 is 2.52 bits per heavy atom. The molecule has 0 amide bonds. The van der Waals surface area contributed by atoms with Crippen molar-refractivity contribution in [1.82, 2.24) is 0 Å². The van der Waals surface area contributed by atoms with Crippen LogP contribution < -0.4 is 10.4 Å². The largest absolute Gasteiger partial charge is 0.293 e. The molecule has 0 bridgehead atoms. The molecule has 1 atom stereocenters. The van der Waals surface area contributed by atoms with Crippen molar-refractivity contribution in [3.05, 3.63) is 108 Å². The van der Waals surface area contributed by atoms with E-state index in [-0.39, 0.29) is 17.4 Å². The number of benzene rings is 3. The van der Waals surface area contributed by atoms with Gasteiger partial charge < -0.3 is 0 Å². The molecule has 0 N–H and O–H groups in total. The average Bonchev–Trinajstić information content (AvgIpc) is 2.77. The maximum absolute atomic E-state index is 13.5. The van der Waals surface area contributed by atoms with E-state index in [9.17, 15) is 14.9 Å². The minimum absolute atomic E-state index is 0.00750. The summed E-state index contributed by atoms with van der Waals surface area (Å²) in [5, 5.41) is 15.5. The van der Waals surface area contributed by atoms with Crippen molar-refractivity contribution in [3.63, 3.8) is 0 Å². The Bertz CT molecular complexity index is 1370. The second kappa shape index (κ2) is 6.82. The average molecular weight is 381 g/mol. The highest BCUT2D eigenvalue weighted by molar-refractivity contribution is 6.05. The smallest absolute Gasteiger partial charge is 0.269 e. The molecule has 1 unspecified atom stereocenters. The number of ketones is 1. The molecule has 0 fully saturated rings. The van der Waals surface area contributed by atoms with Gasteiger partial charge in [-0.3, -0.25) is 14.9 Å². The Hall–Kier alpha value is -3.53. The lowest BCUT2D eigenvalue weighted by Crippen LogP contribution is -2.25. The minimum Gasteiger partial charge on any atom is -0.293 e. The maximum atomic E-state index is 13.5. The second-order valence-electron chi connectivity index (χ2n) is 7.59. The molecule has 0 spiro atoms. The molecule has 0 saturated heterocycles. The van der Waals surface area contributed by atoms with Crippen LogP contribution >= 0.6 is 0 Å². The van der Waals surface area contributed by atoms with Gasteiger partial charge in [0.25, 0.3) is 5.69 Å². The zero-order chi connectivity index (χ0) is 20.0. The van der Waals surface area contributed by atoms with Crippen LogP contribution in [0.4, 0.5) is 5.69 Å². The number of nitrogens with zero attached hydrogens (tertiary/aromatic N) is 1. The van der Waals surface area contributed by atoms with Crippen molar-refractivity contribution >= 4 is 23.6 Å². The first-order chi connectivity index (χ1) is 14.1. The SMILES string of the molecule is O=C(c1ccc([N+](=O)[O-])cc1)C1C=c2ccccc2=c2ccc3c(c21)CCCC=3. The van der Waals surface area contributed by atoms with E-state index in [2.05, 4.69) is 30.4 Å². The topological polar surface area (TPSA) is 60.2 Å². The van der Waals surface area contributed by atoms with E-state index >= 15 is 0 Å². The second-order valence-corrected chi connectivity index (χ2v) is 7.59. The van der Waals surface area contributed by atoms with Gasteiger partial charge in [0.2, 0.25) is 0 Å². The Balaban J connectivity index is 1.75. The zero-order valence-corrected chi connectivity index (χ0v) is 15.8. The number of fused-ring (bicyclic) bond motifs is 4. The van der Waals surface area contributed by atoms with Gasteiger partial charge in [-0.15, -0.1) is 0 Å². The van der Waals surface area contributed by atoms with Gasteiger partial charge in [-0.2, -0.15) is 0 Å². The van der Waals surface area contributed by atoms with Gasteiger partial charge in [-0.1, -0.05) is 48.6 Å². The van der Waals surface area contributed by atoms with Crippen LogP contribution in [-0.2, 0) is 6.42 Å². The van der Waals surface area contributed by atoms with Gasteiger partial charge in [-0.25, -0.2) is 0 Å². The molecule has 142 valence electrons. The number of Topliss-reactive ketones (excluding diaryl/α,β-unsaturated/α-hetero) is 1. The molecule has 2 aliphatic rings. The molecule has 0 aliphatic heterocycles. The van der Waals surface area contributed by atoms with Crippen molar-refractivity contribution in [1.29, 1.82) is 0 Å². The lowest BCUT2D eigenvalue weighted by molar-refractivity contribution is -0.384. The van der Waals surface area contributed by atoms with Crippen LogP contribution in [0.2, 0.25) is 0 Å². The van der Waals surface area contributed by atoms with Gasteiger partial charge in [0.05, 0.1) is 10.8 Å². The molecule has 0 radical (unpaired) electrons. The number of rotatable bonds is 3. The van der Waals surface area contributed by atoms with Crippen LogP contribution in [0.5, 0.6) is 0 Å². The van der Waals surface area contributed by atoms with Crippen molar-refractivity contribution < 1.29 is 9.72 Å². The number of non-ortho nitro benzene ring substituents is 1. The lowest BCUT2D eigenvalue weighted by atomic mass is 9.80. The maximum Gasteiger partial charge on any atom is 0.269 e. The molecule has 4 nitrogen and oxygen atoms in total. The number of carbonyl (C=O) groups is 1. The summed E-state index contributed by atoms with van der Waals surface area (Å²) in [6.45, 7) is 0. The van der Waals surface area contributed by atoms with Crippen molar-refractivity contribution in [2.24, 2.45) is 0 Å². The molecule has 3 aromatic rings. The fourth-order valence-corrected chi connectivity index (χ4v) is 4.56. The van der Waals surface area contributed by atoms with E-state index in [1.165, 1.54) is 22.9 Å². The van der Waals surface area contributed by atoms with Crippen LogP contribution in [0.3, 0.4) is 0 Å². The third-order valence-corrected chi connectivity index (χ3v) is 5.94. The molecule has 0 heterocycles. The molecule has 29 heavy (non-hydrogen) atoms. The van der Waals surface area contributed by atoms with Crippen LogP contribution in [0.25, 0.3) is 12.2 Å². The molecule has 5 rings (SSSR count). The highest BCUT2D eigenvalue weighted by atomic mass is 16.6. The van der Waals surface area contributed by atoms with Crippen molar-refractivity contribution in [3.8, 4) is 0 Å². The molecule has 0 saturated carbocycles. The first-order valence-corrected chi connectivity index (χ1v) is 9.85. The summed E-state index contributed by atoms with van der Waals surface area (Å²) in [6.07, 6.45) is 7.43. The molecule has 0 aromatic heterocycles. The Labute approximate surface area is 167 Å². The molecular formula is C25H19NO3. The highest BCUT2D eigenvalue weighted by Gasteiger charge is 2.27. The molecule has 2 aliphatic carbocycles. The predicted octanol–water partition coefficient (Wildman–Crippen LogP) is 3.76. The lowest BCUT2D eigenvalue weighted by Gasteiger charge is -2.23. The van der Waals surface area contributed by atoms with E-state index in [0.717, 1.165) is 40.5 Å². The van der Waals surface area contributed by atoms with Gasteiger partial charge in [-0.05, 0) is 63.4 Å². The van der Waals surface area contributed by atoms with Gasteiger partial charge in [0.1, 0.15) is 0 Å². The third-order valence-electron chi connectivity index (χ3n) is 5.94. The summed E-state index contributed by atoms with van der Waals surface area (Å²) in [7, 11) is 0. The Kier molecular flexibility index (Phi) is 4.13. The number of hydrogen-bond acceptors (Lipinski definition) is 3. The van der Waals surface area contributed by atoms with E-state index in [1.807, 2.05) is 18.2 Å². The van der Waals surface area contributed by atoms with E-state index in [1.54, 1.807) is 12.1 Å². The normalized spacial score (nSPS) is 16.5. The van der Waals surface area contributed by atoms with Crippen molar-refractivity contribution in [2.75, 3.05) is 0 Å². The molecular weight excluding hydrogens is 362 g/mol. The summed E-state index contributed by atoms with van der Waals surface area (Å²) in [6, 6.07) is 18.4. The Morgan fingerprint density at radius 2 is 1.72 bits per heavy atom. The first kappa shape index (κ1) is 17.6. The van der Waals surface area contributed by atoms with E-state index in [4.69, 9.17) is 0 Å². The standard InChI is InChI=1S/C25H19NO3/c27-25(17-9-12-19(13-10-17)26(28)29)23-15-18-6-2-3-7-20(18)22-14-11-16-5-1-4-8-21(16)24(22)23/h2-3,5-7,9-15,23H,1,4,8H2. The highest BCUT2D eigenvalue weighted by Crippen LogP contribution is 2.30. The fraction of sp³-hybridized carbons (Fsp3) is 0.160.